The maximum atomic E-state index is 6.06. The Kier molecular flexibility index (Phi) is 6.98. The molecular weight excluding hydrogens is 298 g/mol. The first-order valence-electron chi connectivity index (χ1n) is 6.35. The van der Waals surface area contributed by atoms with Gasteiger partial charge >= 0.3 is 0 Å². The summed E-state index contributed by atoms with van der Waals surface area (Å²) < 4.78 is 0.960. The average Bonchev–Trinajstić information content (AvgIpc) is 2.31. The minimum absolute atomic E-state index is 0.488. The molecule has 0 aliphatic heterocycles. The van der Waals surface area contributed by atoms with Gasteiger partial charge in [0.2, 0.25) is 0 Å². The summed E-state index contributed by atoms with van der Waals surface area (Å²) in [6.45, 7) is 4.46. The second kappa shape index (κ2) is 7.99. The SMILES string of the molecule is CCCCCCC(C)Nc1cccc(Cl)c1Br. The summed E-state index contributed by atoms with van der Waals surface area (Å²) in [5, 5.41) is 4.25. The van der Waals surface area contributed by atoms with Crippen molar-refractivity contribution in [3.05, 3.63) is 27.7 Å². The number of hydrogen-bond donors (Lipinski definition) is 1. The summed E-state index contributed by atoms with van der Waals surface area (Å²) in [6, 6.07) is 6.40. The molecule has 1 unspecified atom stereocenters. The number of nitrogens with one attached hydrogen (secondary N) is 1. The van der Waals surface area contributed by atoms with Gasteiger partial charge in [0, 0.05) is 6.04 Å². The van der Waals surface area contributed by atoms with E-state index in [1.54, 1.807) is 0 Å². The fraction of sp³-hybridized carbons (Fsp3) is 0.571. The van der Waals surface area contributed by atoms with Gasteiger partial charge in [0.1, 0.15) is 0 Å². The molecule has 1 aromatic rings. The summed E-state index contributed by atoms with van der Waals surface area (Å²) in [5.41, 5.74) is 1.08. The molecule has 3 heteroatoms. The fourth-order valence-electron chi connectivity index (χ4n) is 1.83. The van der Waals surface area contributed by atoms with Crippen molar-refractivity contribution in [3.63, 3.8) is 0 Å². The van der Waals surface area contributed by atoms with Crippen LogP contribution in [0.3, 0.4) is 0 Å². The highest BCUT2D eigenvalue weighted by Crippen LogP contribution is 2.30. The van der Waals surface area contributed by atoms with E-state index in [0.29, 0.717) is 6.04 Å². The van der Waals surface area contributed by atoms with Crippen molar-refractivity contribution < 1.29 is 0 Å². The van der Waals surface area contributed by atoms with E-state index >= 15 is 0 Å². The van der Waals surface area contributed by atoms with Gasteiger partial charge < -0.3 is 5.32 Å². The molecule has 1 atom stereocenters. The minimum Gasteiger partial charge on any atom is -0.382 e. The van der Waals surface area contributed by atoms with E-state index in [-0.39, 0.29) is 0 Å². The van der Waals surface area contributed by atoms with Crippen LogP contribution in [0.2, 0.25) is 5.02 Å². The van der Waals surface area contributed by atoms with Gasteiger partial charge in [0.05, 0.1) is 15.2 Å². The molecule has 1 nitrogen and oxygen atoms in total. The van der Waals surface area contributed by atoms with Crippen LogP contribution >= 0.6 is 27.5 Å². The number of benzene rings is 1. The van der Waals surface area contributed by atoms with Crippen LogP contribution in [-0.2, 0) is 0 Å². The zero-order valence-electron chi connectivity index (χ0n) is 10.6. The molecule has 0 aliphatic carbocycles. The van der Waals surface area contributed by atoms with E-state index < -0.39 is 0 Å². The lowest BCUT2D eigenvalue weighted by molar-refractivity contribution is 0.594. The predicted molar refractivity (Wildman–Crippen MR) is 81.0 cm³/mol. The normalized spacial score (nSPS) is 12.5. The summed E-state index contributed by atoms with van der Waals surface area (Å²) in [7, 11) is 0. The predicted octanol–water partition coefficient (Wildman–Crippen LogP) is 5.87. The second-order valence-corrected chi connectivity index (χ2v) is 5.70. The van der Waals surface area contributed by atoms with Crippen LogP contribution in [0.15, 0.2) is 22.7 Å². The van der Waals surface area contributed by atoms with E-state index in [1.807, 2.05) is 12.1 Å². The topological polar surface area (TPSA) is 12.0 Å². The van der Waals surface area contributed by atoms with Gasteiger partial charge in [-0.25, -0.2) is 0 Å². The van der Waals surface area contributed by atoms with Crippen LogP contribution in [-0.4, -0.2) is 6.04 Å². The van der Waals surface area contributed by atoms with Crippen molar-refractivity contribution in [3.8, 4) is 0 Å². The highest BCUT2D eigenvalue weighted by molar-refractivity contribution is 9.10. The first-order valence-corrected chi connectivity index (χ1v) is 7.52. The molecule has 1 N–H and O–H groups in total. The molecule has 0 aromatic heterocycles. The first-order chi connectivity index (χ1) is 8.15. The molecule has 0 heterocycles. The van der Waals surface area contributed by atoms with Gasteiger partial charge in [-0.2, -0.15) is 0 Å². The maximum absolute atomic E-state index is 6.06. The average molecular weight is 319 g/mol. The molecule has 0 saturated heterocycles. The van der Waals surface area contributed by atoms with Crippen LogP contribution in [0.4, 0.5) is 5.69 Å². The molecule has 0 spiro atoms. The number of halogens is 2. The van der Waals surface area contributed by atoms with Crippen LogP contribution in [0, 0.1) is 0 Å². The molecule has 1 aromatic carbocycles. The maximum Gasteiger partial charge on any atom is 0.0593 e. The van der Waals surface area contributed by atoms with E-state index in [2.05, 4.69) is 41.2 Å². The van der Waals surface area contributed by atoms with Crippen LogP contribution in [0.25, 0.3) is 0 Å². The van der Waals surface area contributed by atoms with E-state index in [4.69, 9.17) is 11.6 Å². The quantitative estimate of drug-likeness (QED) is 0.620. The molecule has 96 valence electrons. The third kappa shape index (κ3) is 5.31. The van der Waals surface area contributed by atoms with Crippen LogP contribution in [0.5, 0.6) is 0 Å². The Balaban J connectivity index is 2.39. The molecule has 1 rings (SSSR count). The Hall–Kier alpha value is -0.210. The third-order valence-corrected chi connectivity index (χ3v) is 4.24. The van der Waals surface area contributed by atoms with Crippen molar-refractivity contribution >= 4 is 33.2 Å². The van der Waals surface area contributed by atoms with Gasteiger partial charge in [-0.1, -0.05) is 50.3 Å². The lowest BCUT2D eigenvalue weighted by Crippen LogP contribution is -2.15. The fourth-order valence-corrected chi connectivity index (χ4v) is 2.38. The Bertz CT molecular complexity index is 341. The van der Waals surface area contributed by atoms with Crippen LogP contribution < -0.4 is 5.32 Å². The lowest BCUT2D eigenvalue weighted by Gasteiger charge is -2.16. The molecule has 0 fully saturated rings. The smallest absolute Gasteiger partial charge is 0.0593 e. The van der Waals surface area contributed by atoms with Gasteiger partial charge in [-0.15, -0.1) is 0 Å². The summed E-state index contributed by atoms with van der Waals surface area (Å²) >= 11 is 9.56. The second-order valence-electron chi connectivity index (χ2n) is 4.50. The monoisotopic (exact) mass is 317 g/mol. The molecular formula is C14H21BrClN. The summed E-state index contributed by atoms with van der Waals surface area (Å²) in [5.74, 6) is 0. The Morgan fingerprint density at radius 3 is 2.76 bits per heavy atom. The molecule has 0 radical (unpaired) electrons. The van der Waals surface area contributed by atoms with E-state index in [1.165, 1.54) is 32.1 Å². The highest BCUT2D eigenvalue weighted by Gasteiger charge is 2.06. The van der Waals surface area contributed by atoms with Crippen molar-refractivity contribution in [1.29, 1.82) is 0 Å². The Morgan fingerprint density at radius 1 is 1.29 bits per heavy atom. The first kappa shape index (κ1) is 14.8. The lowest BCUT2D eigenvalue weighted by atomic mass is 10.1. The number of unbranched alkanes of at least 4 members (excludes halogenated alkanes) is 3. The van der Waals surface area contributed by atoms with E-state index in [0.717, 1.165) is 15.2 Å². The standard InChI is InChI=1S/C14H21BrClN/c1-3-4-5-6-8-11(2)17-13-10-7-9-12(16)14(13)15/h7,9-11,17H,3-6,8H2,1-2H3. The molecule has 0 amide bonds. The zero-order valence-corrected chi connectivity index (χ0v) is 12.9. The minimum atomic E-state index is 0.488. The van der Waals surface area contributed by atoms with E-state index in [9.17, 15) is 0 Å². The highest BCUT2D eigenvalue weighted by atomic mass is 79.9. The molecule has 17 heavy (non-hydrogen) atoms. The van der Waals surface area contributed by atoms with Crippen molar-refractivity contribution in [2.75, 3.05) is 5.32 Å². The van der Waals surface area contributed by atoms with Gasteiger partial charge in [0.15, 0.2) is 0 Å². The van der Waals surface area contributed by atoms with Crippen molar-refractivity contribution in [2.45, 2.75) is 52.0 Å². The third-order valence-electron chi connectivity index (χ3n) is 2.84. The molecule has 0 saturated carbocycles. The largest absolute Gasteiger partial charge is 0.382 e. The van der Waals surface area contributed by atoms with Crippen molar-refractivity contribution in [2.24, 2.45) is 0 Å². The molecule has 0 bridgehead atoms. The Morgan fingerprint density at radius 2 is 2.06 bits per heavy atom. The van der Waals surface area contributed by atoms with Gasteiger partial charge in [-0.3, -0.25) is 0 Å². The number of rotatable bonds is 7. The molecule has 0 aliphatic rings. The van der Waals surface area contributed by atoms with Gasteiger partial charge in [-0.05, 0) is 41.4 Å². The summed E-state index contributed by atoms with van der Waals surface area (Å²) in [4.78, 5) is 0. The zero-order chi connectivity index (χ0) is 12.7. The van der Waals surface area contributed by atoms with Gasteiger partial charge in [0.25, 0.3) is 0 Å². The van der Waals surface area contributed by atoms with Crippen molar-refractivity contribution in [1.82, 2.24) is 0 Å². The number of hydrogen-bond acceptors (Lipinski definition) is 1. The number of anilines is 1. The van der Waals surface area contributed by atoms with Crippen LogP contribution in [0.1, 0.15) is 46.0 Å². The Labute approximate surface area is 118 Å². The summed E-state index contributed by atoms with van der Waals surface area (Å²) in [6.07, 6.45) is 6.47.